The van der Waals surface area contributed by atoms with Crippen molar-refractivity contribution in [3.63, 3.8) is 0 Å². The number of phenols is 1. The average Bonchev–Trinajstić information content (AvgIpc) is 2.69. The third kappa shape index (κ3) is 5.11. The summed E-state index contributed by atoms with van der Waals surface area (Å²) in [6, 6.07) is 7.62. The monoisotopic (exact) mass is 473 g/mol. The normalized spacial score (nSPS) is 13.2. The second kappa shape index (κ2) is 8.78. The predicted molar refractivity (Wildman–Crippen MR) is 116 cm³/mol. The van der Waals surface area contributed by atoms with Gasteiger partial charge in [-0.3, -0.25) is 19.2 Å². The highest BCUT2D eigenvalue weighted by Gasteiger charge is 2.36. The van der Waals surface area contributed by atoms with Crippen molar-refractivity contribution >= 4 is 33.5 Å². The molecule has 3 rings (SSSR count). The van der Waals surface area contributed by atoms with E-state index in [0.717, 1.165) is 6.07 Å². The summed E-state index contributed by atoms with van der Waals surface area (Å²) in [5.41, 5.74) is -1.55. The Morgan fingerprint density at radius 2 is 1.52 bits per heavy atom. The number of benzene rings is 2. The molecular weight excluding hydrogens is 450 g/mol. The summed E-state index contributed by atoms with van der Waals surface area (Å²) in [4.78, 5) is 49.3. The molecule has 33 heavy (non-hydrogen) atoms. The number of rotatable bonds is 6. The van der Waals surface area contributed by atoms with Crippen LogP contribution in [0.5, 0.6) is 5.75 Å². The summed E-state index contributed by atoms with van der Waals surface area (Å²) in [7, 11) is -4.50. The van der Waals surface area contributed by atoms with E-state index in [-0.39, 0.29) is 47.3 Å². The Bertz CT molecular complexity index is 1270. The van der Waals surface area contributed by atoms with Crippen molar-refractivity contribution in [2.45, 2.75) is 50.5 Å². The van der Waals surface area contributed by atoms with Crippen molar-refractivity contribution in [2.75, 3.05) is 0 Å². The van der Waals surface area contributed by atoms with E-state index in [9.17, 15) is 32.7 Å². The number of fused-ring (bicyclic) bond motifs is 2. The molecule has 1 aliphatic rings. The fraction of sp³-hybridized carbons (Fsp3) is 0.304. The Morgan fingerprint density at radius 1 is 0.939 bits per heavy atom. The number of carbonyl (C=O) groups excluding carboxylic acids is 4. The van der Waals surface area contributed by atoms with Crippen molar-refractivity contribution in [1.82, 2.24) is 4.72 Å². The fourth-order valence-corrected chi connectivity index (χ4v) is 4.70. The smallest absolute Gasteiger partial charge is 0.306 e. The molecule has 0 heterocycles. The van der Waals surface area contributed by atoms with Gasteiger partial charge in [0.1, 0.15) is 11.4 Å². The van der Waals surface area contributed by atoms with Crippen LogP contribution in [0.3, 0.4) is 0 Å². The molecule has 0 spiro atoms. The minimum Gasteiger partial charge on any atom is -0.507 e. The molecule has 0 radical (unpaired) electrons. The first-order chi connectivity index (χ1) is 15.3. The van der Waals surface area contributed by atoms with Crippen molar-refractivity contribution < 1.29 is 37.4 Å². The molecule has 174 valence electrons. The number of aromatic hydroxyl groups is 1. The lowest BCUT2D eigenvalue weighted by Crippen LogP contribution is -2.33. The first kappa shape index (κ1) is 24.1. The molecule has 0 bridgehead atoms. The van der Waals surface area contributed by atoms with Crippen molar-refractivity contribution in [1.29, 1.82) is 0 Å². The van der Waals surface area contributed by atoms with Crippen LogP contribution in [0.15, 0.2) is 41.3 Å². The van der Waals surface area contributed by atoms with Crippen LogP contribution in [0.4, 0.5) is 0 Å². The van der Waals surface area contributed by atoms with Gasteiger partial charge in [-0.05, 0) is 39.3 Å². The van der Waals surface area contributed by atoms with E-state index in [4.69, 9.17) is 4.74 Å². The maximum absolute atomic E-state index is 13.0. The van der Waals surface area contributed by atoms with Gasteiger partial charge in [0.2, 0.25) is 5.91 Å². The van der Waals surface area contributed by atoms with E-state index >= 15 is 0 Å². The highest BCUT2D eigenvalue weighted by atomic mass is 32.2. The van der Waals surface area contributed by atoms with E-state index in [1.807, 2.05) is 4.72 Å². The molecule has 10 heteroatoms. The van der Waals surface area contributed by atoms with Gasteiger partial charge in [0, 0.05) is 24.0 Å². The Balaban J connectivity index is 1.80. The van der Waals surface area contributed by atoms with Crippen LogP contribution in [0.2, 0.25) is 0 Å². The van der Waals surface area contributed by atoms with Gasteiger partial charge in [-0.2, -0.15) is 0 Å². The highest BCUT2D eigenvalue weighted by molar-refractivity contribution is 7.90. The summed E-state index contributed by atoms with van der Waals surface area (Å²) < 4.78 is 32.8. The van der Waals surface area contributed by atoms with E-state index in [0.29, 0.717) is 0 Å². The predicted octanol–water partition coefficient (Wildman–Crippen LogP) is 2.48. The van der Waals surface area contributed by atoms with E-state index < -0.39 is 44.0 Å². The second-order valence-electron chi connectivity index (χ2n) is 8.51. The van der Waals surface area contributed by atoms with Crippen LogP contribution < -0.4 is 4.72 Å². The molecule has 2 aromatic carbocycles. The van der Waals surface area contributed by atoms with Gasteiger partial charge >= 0.3 is 5.97 Å². The highest BCUT2D eigenvalue weighted by Crippen LogP contribution is 2.35. The maximum Gasteiger partial charge on any atom is 0.306 e. The number of amides is 1. The maximum atomic E-state index is 13.0. The number of sulfonamides is 1. The molecule has 2 aromatic rings. The SMILES string of the molecule is CC(C)(C)OC(=O)CCCC(=O)NS(=O)(=O)c1cccc2c1C(=O)c1cccc(O)c1C2=O. The van der Waals surface area contributed by atoms with Gasteiger partial charge in [0.25, 0.3) is 10.0 Å². The third-order valence-electron chi connectivity index (χ3n) is 4.75. The molecule has 0 aromatic heterocycles. The molecule has 1 amide bonds. The number of hydrogen-bond acceptors (Lipinski definition) is 8. The van der Waals surface area contributed by atoms with E-state index in [1.165, 1.54) is 30.3 Å². The Hall–Kier alpha value is -3.53. The zero-order chi connectivity index (χ0) is 24.6. The first-order valence-corrected chi connectivity index (χ1v) is 11.6. The van der Waals surface area contributed by atoms with Gasteiger partial charge in [0.15, 0.2) is 11.6 Å². The van der Waals surface area contributed by atoms with E-state index in [2.05, 4.69) is 0 Å². The number of ether oxygens (including phenoxy) is 1. The lowest BCUT2D eigenvalue weighted by Gasteiger charge is -2.21. The quantitative estimate of drug-likeness (QED) is 0.520. The topological polar surface area (TPSA) is 144 Å². The van der Waals surface area contributed by atoms with Gasteiger partial charge in [-0.1, -0.05) is 24.3 Å². The third-order valence-corrected chi connectivity index (χ3v) is 6.17. The summed E-state index contributed by atoms with van der Waals surface area (Å²) in [5.74, 6) is -3.22. The molecule has 2 N–H and O–H groups in total. The van der Waals surface area contributed by atoms with Crippen LogP contribution >= 0.6 is 0 Å². The molecule has 0 fully saturated rings. The first-order valence-electron chi connectivity index (χ1n) is 10.1. The summed E-state index contributed by atoms with van der Waals surface area (Å²) >= 11 is 0. The van der Waals surface area contributed by atoms with Crippen LogP contribution in [0.25, 0.3) is 0 Å². The van der Waals surface area contributed by atoms with Gasteiger partial charge < -0.3 is 9.84 Å². The van der Waals surface area contributed by atoms with E-state index in [1.54, 1.807) is 20.8 Å². The zero-order valence-corrected chi connectivity index (χ0v) is 19.1. The number of carbonyl (C=O) groups is 4. The molecule has 0 unspecified atom stereocenters. The van der Waals surface area contributed by atoms with Gasteiger partial charge in [-0.25, -0.2) is 13.1 Å². The molecule has 9 nitrogen and oxygen atoms in total. The Morgan fingerprint density at radius 3 is 2.15 bits per heavy atom. The minimum absolute atomic E-state index is 0.0627. The molecular formula is C23H23NO8S. The Kier molecular flexibility index (Phi) is 6.42. The zero-order valence-electron chi connectivity index (χ0n) is 18.3. The molecule has 0 aliphatic heterocycles. The second-order valence-corrected chi connectivity index (χ2v) is 10.2. The minimum atomic E-state index is -4.50. The fourth-order valence-electron chi connectivity index (χ4n) is 3.46. The van der Waals surface area contributed by atoms with Crippen LogP contribution in [0.1, 0.15) is 71.9 Å². The number of phenolic OH excluding ortho intramolecular Hbond substituents is 1. The average molecular weight is 474 g/mol. The standard InChI is InChI=1S/C23H23NO8S/c1-23(2,3)32-18(27)12-6-11-17(26)24-33(30,31)16-10-5-8-14-20(16)22(29)13-7-4-9-15(25)19(13)21(14)28/h4-5,7-10,25H,6,11-12H2,1-3H3,(H,24,26). The number of hydrogen-bond donors (Lipinski definition) is 2. The lowest BCUT2D eigenvalue weighted by atomic mass is 9.83. The number of esters is 1. The van der Waals surface area contributed by atoms with Gasteiger partial charge in [0.05, 0.1) is 16.0 Å². The molecule has 1 aliphatic carbocycles. The molecule has 0 atom stereocenters. The van der Waals surface area contributed by atoms with Gasteiger partial charge in [-0.15, -0.1) is 0 Å². The summed E-state index contributed by atoms with van der Waals surface area (Å²) in [6.45, 7) is 5.11. The van der Waals surface area contributed by atoms with Crippen molar-refractivity contribution in [3.05, 3.63) is 58.7 Å². The lowest BCUT2D eigenvalue weighted by molar-refractivity contribution is -0.154. The molecule has 0 saturated heterocycles. The number of nitrogens with one attached hydrogen (secondary N) is 1. The molecule has 0 saturated carbocycles. The van der Waals surface area contributed by atoms with Crippen LogP contribution in [-0.4, -0.2) is 42.6 Å². The largest absolute Gasteiger partial charge is 0.507 e. The summed E-state index contributed by atoms with van der Waals surface area (Å²) in [5, 5.41) is 10.0. The van der Waals surface area contributed by atoms with Crippen LogP contribution in [-0.2, 0) is 24.3 Å². The van der Waals surface area contributed by atoms with Crippen LogP contribution in [0, 0.1) is 0 Å². The van der Waals surface area contributed by atoms with Crippen molar-refractivity contribution in [2.24, 2.45) is 0 Å². The van der Waals surface area contributed by atoms with Crippen molar-refractivity contribution in [3.8, 4) is 5.75 Å². The summed E-state index contributed by atoms with van der Waals surface area (Å²) in [6.07, 6.45) is -0.275. The number of ketones is 2. The Labute approximate surface area is 190 Å².